The van der Waals surface area contributed by atoms with E-state index < -0.39 is 17.7 Å². The van der Waals surface area contributed by atoms with Crippen LogP contribution in [0.1, 0.15) is 20.8 Å². The maximum atomic E-state index is 13.5. The smallest absolute Gasteiger partial charge is 0.263 e. The molecule has 0 spiro atoms. The Balaban J connectivity index is 2.02. The molecule has 0 unspecified atom stereocenters. The van der Waals surface area contributed by atoms with Crippen molar-refractivity contribution in [2.24, 2.45) is 0 Å². The van der Waals surface area contributed by atoms with Crippen LogP contribution in [0, 0.1) is 11.6 Å². The van der Waals surface area contributed by atoms with Crippen LogP contribution >= 0.6 is 0 Å². The molecule has 0 saturated carbocycles. The highest BCUT2D eigenvalue weighted by Crippen LogP contribution is 2.20. The first-order valence-electron chi connectivity index (χ1n) is 6.92. The lowest BCUT2D eigenvalue weighted by molar-refractivity contribution is -0.149. The van der Waals surface area contributed by atoms with Crippen LogP contribution in [0.2, 0.25) is 0 Å². The minimum atomic E-state index is -0.845. The summed E-state index contributed by atoms with van der Waals surface area (Å²) in [4.78, 5) is 14.0. The molecule has 1 aromatic carbocycles. The number of hydrogen-bond acceptors (Lipinski definition) is 3. The highest BCUT2D eigenvalue weighted by molar-refractivity contribution is 5.81. The summed E-state index contributed by atoms with van der Waals surface area (Å²) in [6, 6.07) is 3.00. The van der Waals surface area contributed by atoms with Crippen LogP contribution in [0.3, 0.4) is 0 Å². The van der Waals surface area contributed by atoms with E-state index in [1.54, 1.807) is 11.8 Å². The van der Waals surface area contributed by atoms with Gasteiger partial charge in [-0.25, -0.2) is 8.78 Å². The van der Waals surface area contributed by atoms with Crippen LogP contribution in [-0.4, -0.2) is 42.2 Å². The molecule has 3 atom stereocenters. The van der Waals surface area contributed by atoms with Gasteiger partial charge in [-0.15, -0.1) is 0 Å². The number of ether oxygens (including phenoxy) is 2. The Morgan fingerprint density at radius 3 is 2.52 bits per heavy atom. The van der Waals surface area contributed by atoms with Gasteiger partial charge in [-0.2, -0.15) is 0 Å². The van der Waals surface area contributed by atoms with Gasteiger partial charge in [0, 0.05) is 19.2 Å². The molecule has 0 bridgehead atoms. The van der Waals surface area contributed by atoms with E-state index in [9.17, 15) is 13.6 Å². The minimum Gasteiger partial charge on any atom is -0.478 e. The van der Waals surface area contributed by atoms with Crippen LogP contribution in [0.15, 0.2) is 18.2 Å². The standard InChI is InChI=1S/C15H19F2NO3/c1-9-7-18(8-10(2)20-9)15(19)11(3)21-14-5-4-12(16)6-13(14)17/h4-6,9-11H,7-8H2,1-3H3/t9-,10+,11-/m0/s1. The van der Waals surface area contributed by atoms with Crippen molar-refractivity contribution in [3.8, 4) is 5.75 Å². The summed E-state index contributed by atoms with van der Waals surface area (Å²) in [5.74, 6) is -1.87. The van der Waals surface area contributed by atoms with E-state index in [1.807, 2.05) is 13.8 Å². The van der Waals surface area contributed by atoms with E-state index in [4.69, 9.17) is 9.47 Å². The monoisotopic (exact) mass is 299 g/mol. The highest BCUT2D eigenvalue weighted by atomic mass is 19.1. The van der Waals surface area contributed by atoms with Crippen molar-refractivity contribution in [3.05, 3.63) is 29.8 Å². The van der Waals surface area contributed by atoms with Crippen molar-refractivity contribution in [3.63, 3.8) is 0 Å². The van der Waals surface area contributed by atoms with Gasteiger partial charge in [-0.3, -0.25) is 4.79 Å². The Labute approximate surface area is 122 Å². The molecule has 6 heteroatoms. The number of halogens is 2. The van der Waals surface area contributed by atoms with Gasteiger partial charge >= 0.3 is 0 Å². The molecule has 0 aromatic heterocycles. The Morgan fingerprint density at radius 2 is 1.95 bits per heavy atom. The average Bonchev–Trinajstić information content (AvgIpc) is 2.40. The fourth-order valence-corrected chi connectivity index (χ4v) is 2.43. The van der Waals surface area contributed by atoms with Gasteiger partial charge in [0.2, 0.25) is 0 Å². The topological polar surface area (TPSA) is 38.8 Å². The number of nitrogens with zero attached hydrogens (tertiary/aromatic N) is 1. The first-order valence-corrected chi connectivity index (χ1v) is 6.92. The lowest BCUT2D eigenvalue weighted by atomic mass is 10.2. The minimum absolute atomic E-state index is 0.0487. The van der Waals surface area contributed by atoms with E-state index in [2.05, 4.69) is 0 Å². The van der Waals surface area contributed by atoms with E-state index in [0.717, 1.165) is 12.1 Å². The Kier molecular flexibility index (Phi) is 4.77. The van der Waals surface area contributed by atoms with Gasteiger partial charge in [0.15, 0.2) is 17.7 Å². The lowest BCUT2D eigenvalue weighted by Gasteiger charge is -2.36. The fourth-order valence-electron chi connectivity index (χ4n) is 2.43. The van der Waals surface area contributed by atoms with Gasteiger partial charge in [0.05, 0.1) is 12.2 Å². The van der Waals surface area contributed by atoms with E-state index in [1.165, 1.54) is 6.07 Å². The molecular formula is C15H19F2NO3. The molecule has 116 valence electrons. The number of amides is 1. The van der Waals surface area contributed by atoms with Crippen LogP contribution in [0.5, 0.6) is 5.75 Å². The van der Waals surface area contributed by atoms with E-state index in [-0.39, 0.29) is 23.9 Å². The average molecular weight is 299 g/mol. The number of carbonyl (C=O) groups excluding carboxylic acids is 1. The zero-order valence-electron chi connectivity index (χ0n) is 12.3. The molecule has 1 aliphatic heterocycles. The van der Waals surface area contributed by atoms with Crippen molar-refractivity contribution < 1.29 is 23.0 Å². The summed E-state index contributed by atoms with van der Waals surface area (Å²) in [6.45, 7) is 6.28. The van der Waals surface area contributed by atoms with Gasteiger partial charge in [0.1, 0.15) is 5.82 Å². The zero-order chi connectivity index (χ0) is 15.6. The number of carbonyl (C=O) groups is 1. The van der Waals surface area contributed by atoms with Crippen LogP contribution < -0.4 is 4.74 Å². The Bertz CT molecular complexity index is 514. The third kappa shape index (κ3) is 3.91. The molecule has 1 heterocycles. The van der Waals surface area contributed by atoms with Crippen molar-refractivity contribution in [1.29, 1.82) is 0 Å². The molecule has 0 N–H and O–H groups in total. The molecule has 2 rings (SSSR count). The number of morpholine rings is 1. The summed E-state index contributed by atoms with van der Waals surface area (Å²) >= 11 is 0. The van der Waals surface area contributed by atoms with Gasteiger partial charge in [0.25, 0.3) is 5.91 Å². The van der Waals surface area contributed by atoms with Crippen molar-refractivity contribution >= 4 is 5.91 Å². The summed E-state index contributed by atoms with van der Waals surface area (Å²) < 4.78 is 37.2. The maximum absolute atomic E-state index is 13.5. The molecular weight excluding hydrogens is 280 g/mol. The molecule has 1 aromatic rings. The van der Waals surface area contributed by atoms with Crippen LogP contribution in [0.4, 0.5) is 8.78 Å². The first-order chi connectivity index (χ1) is 9.86. The largest absolute Gasteiger partial charge is 0.478 e. The van der Waals surface area contributed by atoms with Gasteiger partial charge in [-0.05, 0) is 32.9 Å². The van der Waals surface area contributed by atoms with E-state index in [0.29, 0.717) is 13.1 Å². The maximum Gasteiger partial charge on any atom is 0.263 e. The van der Waals surface area contributed by atoms with Crippen LogP contribution in [-0.2, 0) is 9.53 Å². The van der Waals surface area contributed by atoms with Crippen molar-refractivity contribution in [2.45, 2.75) is 39.1 Å². The lowest BCUT2D eigenvalue weighted by Crippen LogP contribution is -2.51. The SMILES string of the molecule is C[C@@H]1CN(C(=O)[C@H](C)Oc2ccc(F)cc2F)C[C@H](C)O1. The summed E-state index contributed by atoms with van der Waals surface area (Å²) in [5.41, 5.74) is 0. The second kappa shape index (κ2) is 6.39. The molecule has 1 aliphatic rings. The van der Waals surface area contributed by atoms with Crippen LogP contribution in [0.25, 0.3) is 0 Å². The summed E-state index contributed by atoms with van der Waals surface area (Å²) in [6.07, 6.45) is -0.942. The Morgan fingerprint density at radius 1 is 1.33 bits per heavy atom. The molecule has 0 aliphatic carbocycles. The number of benzene rings is 1. The van der Waals surface area contributed by atoms with Crippen molar-refractivity contribution in [1.82, 2.24) is 4.90 Å². The normalized spacial score (nSPS) is 23.8. The second-order valence-corrected chi connectivity index (χ2v) is 5.34. The highest BCUT2D eigenvalue weighted by Gasteiger charge is 2.29. The summed E-state index contributed by atoms with van der Waals surface area (Å²) in [7, 11) is 0. The number of hydrogen-bond donors (Lipinski definition) is 0. The molecule has 1 fully saturated rings. The Hall–Kier alpha value is -1.69. The predicted octanol–water partition coefficient (Wildman–Crippen LogP) is 2.37. The molecule has 1 amide bonds. The zero-order valence-corrected chi connectivity index (χ0v) is 12.3. The molecule has 4 nitrogen and oxygen atoms in total. The summed E-state index contributed by atoms with van der Waals surface area (Å²) in [5, 5.41) is 0. The fraction of sp³-hybridized carbons (Fsp3) is 0.533. The van der Waals surface area contributed by atoms with Crippen molar-refractivity contribution in [2.75, 3.05) is 13.1 Å². The molecule has 0 radical (unpaired) electrons. The third-order valence-electron chi connectivity index (χ3n) is 3.28. The van der Waals surface area contributed by atoms with Gasteiger partial charge in [-0.1, -0.05) is 0 Å². The predicted molar refractivity (Wildman–Crippen MR) is 73.0 cm³/mol. The van der Waals surface area contributed by atoms with E-state index >= 15 is 0 Å². The third-order valence-corrected chi connectivity index (χ3v) is 3.28. The molecule has 21 heavy (non-hydrogen) atoms. The van der Waals surface area contributed by atoms with Gasteiger partial charge < -0.3 is 14.4 Å². The number of rotatable bonds is 3. The molecule has 1 saturated heterocycles. The quantitative estimate of drug-likeness (QED) is 0.860. The first kappa shape index (κ1) is 15.7. The second-order valence-electron chi connectivity index (χ2n) is 5.34.